The van der Waals surface area contributed by atoms with Gasteiger partial charge in [0.2, 0.25) is 5.88 Å². The van der Waals surface area contributed by atoms with Gasteiger partial charge in [0.25, 0.3) is 0 Å². The average molecular weight is 224 g/mol. The summed E-state index contributed by atoms with van der Waals surface area (Å²) in [6.07, 6.45) is 1.63. The van der Waals surface area contributed by atoms with Crippen molar-refractivity contribution in [2.75, 3.05) is 0 Å². The molecule has 0 aliphatic heterocycles. The van der Waals surface area contributed by atoms with Crippen molar-refractivity contribution in [1.82, 2.24) is 9.97 Å². The highest BCUT2D eigenvalue weighted by Gasteiger charge is 2.16. The molecule has 0 atom stereocenters. The van der Waals surface area contributed by atoms with Crippen LogP contribution >= 0.6 is 0 Å². The van der Waals surface area contributed by atoms with Gasteiger partial charge in [0.05, 0.1) is 0 Å². The largest absolute Gasteiger partial charge is 0.472 e. The van der Waals surface area contributed by atoms with Gasteiger partial charge < -0.3 is 9.47 Å². The van der Waals surface area contributed by atoms with Crippen molar-refractivity contribution in [3.05, 3.63) is 12.3 Å². The van der Waals surface area contributed by atoms with Gasteiger partial charge in [-0.25, -0.2) is 4.98 Å². The number of rotatable bonds is 2. The van der Waals surface area contributed by atoms with Crippen molar-refractivity contribution >= 4 is 0 Å². The lowest BCUT2D eigenvalue weighted by atomic mass is 10.2. The number of hydrogen-bond donors (Lipinski definition) is 0. The summed E-state index contributed by atoms with van der Waals surface area (Å²) < 4.78 is 11.2. The fraction of sp³-hybridized carbons (Fsp3) is 0.667. The Bertz CT molecular complexity index is 320. The highest BCUT2D eigenvalue weighted by molar-refractivity contribution is 5.12. The van der Waals surface area contributed by atoms with Crippen LogP contribution in [0.5, 0.6) is 11.9 Å². The maximum atomic E-state index is 5.63. The lowest BCUT2D eigenvalue weighted by Crippen LogP contribution is -2.26. The van der Waals surface area contributed by atoms with Crippen molar-refractivity contribution in [3.8, 4) is 11.9 Å². The highest BCUT2D eigenvalue weighted by atomic mass is 16.5. The lowest BCUT2D eigenvalue weighted by molar-refractivity contribution is 0.103. The maximum absolute atomic E-state index is 5.63. The minimum atomic E-state index is -0.305. The molecule has 0 radical (unpaired) electrons. The molecule has 1 aromatic rings. The molecule has 4 heteroatoms. The van der Waals surface area contributed by atoms with Crippen LogP contribution in [-0.4, -0.2) is 21.2 Å². The highest BCUT2D eigenvalue weighted by Crippen LogP contribution is 2.19. The molecule has 16 heavy (non-hydrogen) atoms. The summed E-state index contributed by atoms with van der Waals surface area (Å²) in [5.74, 6) is 0.529. The molecule has 0 amide bonds. The Kier molecular flexibility index (Phi) is 3.41. The van der Waals surface area contributed by atoms with E-state index in [9.17, 15) is 0 Å². The van der Waals surface area contributed by atoms with E-state index in [0.717, 1.165) is 0 Å². The molecular weight excluding hydrogens is 204 g/mol. The first-order chi connectivity index (χ1) is 7.16. The van der Waals surface area contributed by atoms with Gasteiger partial charge in [-0.3, -0.25) is 0 Å². The minimum Gasteiger partial charge on any atom is -0.472 e. The summed E-state index contributed by atoms with van der Waals surface area (Å²) in [5, 5.41) is 0. The van der Waals surface area contributed by atoms with Crippen LogP contribution < -0.4 is 9.47 Å². The summed E-state index contributed by atoms with van der Waals surface area (Å²) in [7, 11) is 0. The predicted molar refractivity (Wildman–Crippen MR) is 62.8 cm³/mol. The van der Waals surface area contributed by atoms with Gasteiger partial charge in [-0.2, -0.15) is 4.98 Å². The van der Waals surface area contributed by atoms with Gasteiger partial charge in [-0.05, 0) is 41.5 Å². The number of aromatic nitrogens is 2. The third-order valence-corrected chi connectivity index (χ3v) is 1.42. The number of nitrogens with zero attached hydrogens (tertiary/aromatic N) is 2. The van der Waals surface area contributed by atoms with Crippen molar-refractivity contribution in [3.63, 3.8) is 0 Å². The molecule has 1 rings (SSSR count). The quantitative estimate of drug-likeness (QED) is 0.774. The fourth-order valence-electron chi connectivity index (χ4n) is 1.02. The topological polar surface area (TPSA) is 44.2 Å². The second-order valence-corrected chi connectivity index (χ2v) is 5.61. The van der Waals surface area contributed by atoms with Crippen LogP contribution in [0.2, 0.25) is 0 Å². The first kappa shape index (κ1) is 12.7. The maximum Gasteiger partial charge on any atom is 0.320 e. The van der Waals surface area contributed by atoms with Crippen molar-refractivity contribution in [1.29, 1.82) is 0 Å². The minimum absolute atomic E-state index is 0.270. The van der Waals surface area contributed by atoms with Gasteiger partial charge >= 0.3 is 6.01 Å². The van der Waals surface area contributed by atoms with Gasteiger partial charge in [0.15, 0.2) is 0 Å². The average Bonchev–Trinajstić information content (AvgIpc) is 1.96. The molecule has 0 bridgehead atoms. The monoisotopic (exact) mass is 224 g/mol. The van der Waals surface area contributed by atoms with E-state index < -0.39 is 0 Å². The van der Waals surface area contributed by atoms with Crippen LogP contribution in [0.25, 0.3) is 0 Å². The smallest absolute Gasteiger partial charge is 0.320 e. The van der Waals surface area contributed by atoms with Crippen molar-refractivity contribution < 1.29 is 9.47 Å². The number of hydrogen-bond acceptors (Lipinski definition) is 4. The van der Waals surface area contributed by atoms with Crippen molar-refractivity contribution in [2.24, 2.45) is 0 Å². The third-order valence-electron chi connectivity index (χ3n) is 1.42. The summed E-state index contributed by atoms with van der Waals surface area (Å²) in [6, 6.07) is 2.06. The Hall–Kier alpha value is -1.32. The molecular formula is C12H20N2O2. The van der Waals surface area contributed by atoms with Crippen LogP contribution in [0.15, 0.2) is 12.3 Å². The van der Waals surface area contributed by atoms with Crippen LogP contribution in [0.4, 0.5) is 0 Å². The zero-order valence-corrected chi connectivity index (χ0v) is 10.9. The summed E-state index contributed by atoms with van der Waals surface area (Å²) in [4.78, 5) is 8.23. The van der Waals surface area contributed by atoms with E-state index in [-0.39, 0.29) is 11.2 Å². The summed E-state index contributed by atoms with van der Waals surface area (Å²) in [6.45, 7) is 11.8. The SMILES string of the molecule is CC(C)(C)Oc1ccnc(OC(C)(C)C)n1. The Morgan fingerprint density at radius 3 is 2.00 bits per heavy atom. The Balaban J connectivity index is 2.79. The molecule has 0 fully saturated rings. The molecule has 4 nitrogen and oxygen atoms in total. The van der Waals surface area contributed by atoms with Gasteiger partial charge in [0, 0.05) is 12.3 Å². The molecule has 0 saturated carbocycles. The lowest BCUT2D eigenvalue weighted by Gasteiger charge is -2.22. The van der Waals surface area contributed by atoms with Gasteiger partial charge in [-0.15, -0.1) is 0 Å². The van der Waals surface area contributed by atoms with E-state index in [0.29, 0.717) is 11.9 Å². The van der Waals surface area contributed by atoms with Gasteiger partial charge in [0.1, 0.15) is 11.2 Å². The molecule has 90 valence electrons. The molecule has 0 saturated heterocycles. The van der Waals surface area contributed by atoms with E-state index in [4.69, 9.17) is 9.47 Å². The standard InChI is InChI=1S/C12H20N2O2/c1-11(2,3)15-9-7-8-13-10(14-9)16-12(4,5)6/h7-8H,1-6H3. The first-order valence-corrected chi connectivity index (χ1v) is 5.37. The Morgan fingerprint density at radius 1 is 0.938 bits per heavy atom. The normalized spacial score (nSPS) is 12.4. The van der Waals surface area contributed by atoms with E-state index in [1.54, 1.807) is 12.3 Å². The molecule has 0 N–H and O–H groups in total. The Morgan fingerprint density at radius 2 is 1.50 bits per heavy atom. The second-order valence-electron chi connectivity index (χ2n) is 5.61. The van der Waals surface area contributed by atoms with E-state index >= 15 is 0 Å². The van der Waals surface area contributed by atoms with Crippen LogP contribution in [0, 0.1) is 0 Å². The summed E-state index contributed by atoms with van der Waals surface area (Å²) in [5.41, 5.74) is -0.576. The molecule has 0 unspecified atom stereocenters. The zero-order valence-electron chi connectivity index (χ0n) is 10.9. The molecule has 1 heterocycles. The van der Waals surface area contributed by atoms with Crippen LogP contribution in [0.1, 0.15) is 41.5 Å². The van der Waals surface area contributed by atoms with E-state index in [2.05, 4.69) is 9.97 Å². The summed E-state index contributed by atoms with van der Waals surface area (Å²) >= 11 is 0. The first-order valence-electron chi connectivity index (χ1n) is 5.37. The molecule has 1 aromatic heterocycles. The Labute approximate surface area is 97.0 Å². The van der Waals surface area contributed by atoms with Gasteiger partial charge in [-0.1, -0.05) is 0 Å². The van der Waals surface area contributed by atoms with Crippen LogP contribution in [0.3, 0.4) is 0 Å². The molecule has 0 aliphatic rings. The number of ether oxygens (including phenoxy) is 2. The molecule has 0 aromatic carbocycles. The van der Waals surface area contributed by atoms with Crippen LogP contribution in [-0.2, 0) is 0 Å². The third kappa shape index (κ3) is 4.96. The fourth-order valence-corrected chi connectivity index (χ4v) is 1.02. The van der Waals surface area contributed by atoms with E-state index in [1.807, 2.05) is 41.5 Å². The predicted octanol–water partition coefficient (Wildman–Crippen LogP) is 2.83. The zero-order chi connectivity index (χ0) is 12.4. The second kappa shape index (κ2) is 4.28. The molecule has 0 spiro atoms. The molecule has 0 aliphatic carbocycles. The van der Waals surface area contributed by atoms with E-state index in [1.165, 1.54) is 0 Å². The van der Waals surface area contributed by atoms with Crippen molar-refractivity contribution in [2.45, 2.75) is 52.7 Å².